The van der Waals surface area contributed by atoms with E-state index < -0.39 is 0 Å². The molecule has 1 rings (SSSR count). The molecule has 0 saturated carbocycles. The van der Waals surface area contributed by atoms with E-state index in [0.29, 0.717) is 28.4 Å². The van der Waals surface area contributed by atoms with Crippen LogP contribution in [0.2, 0.25) is 10.0 Å². The van der Waals surface area contributed by atoms with E-state index in [4.69, 9.17) is 27.9 Å². The molecule has 0 aliphatic heterocycles. The molecule has 1 aromatic carbocycles. The lowest BCUT2D eigenvalue weighted by Crippen LogP contribution is -2.27. The molecule has 1 atom stereocenters. The standard InChI is InChI=1S/C13H19Cl2NO/c1-3-10(2)16-7-4-8-17-13-9-11(14)5-6-12(13)15/h5-6,9-10,16H,3-4,7-8H2,1-2H3/t10-/m1/s1. The van der Waals surface area contributed by atoms with Gasteiger partial charge in [-0.2, -0.15) is 0 Å². The first-order valence-corrected chi connectivity index (χ1v) is 6.70. The van der Waals surface area contributed by atoms with Gasteiger partial charge in [-0.15, -0.1) is 0 Å². The van der Waals surface area contributed by atoms with Crippen LogP contribution in [0.5, 0.6) is 5.75 Å². The summed E-state index contributed by atoms with van der Waals surface area (Å²) in [7, 11) is 0. The summed E-state index contributed by atoms with van der Waals surface area (Å²) >= 11 is 11.8. The molecule has 1 N–H and O–H groups in total. The second-order valence-electron chi connectivity index (χ2n) is 4.04. The van der Waals surface area contributed by atoms with Gasteiger partial charge in [0.15, 0.2) is 0 Å². The van der Waals surface area contributed by atoms with Gasteiger partial charge in [0.05, 0.1) is 11.6 Å². The van der Waals surface area contributed by atoms with E-state index in [0.717, 1.165) is 19.4 Å². The Balaban J connectivity index is 2.24. The van der Waals surface area contributed by atoms with E-state index >= 15 is 0 Å². The minimum atomic E-state index is 0.560. The van der Waals surface area contributed by atoms with Gasteiger partial charge in [0.1, 0.15) is 5.75 Å². The minimum Gasteiger partial charge on any atom is -0.492 e. The number of halogens is 2. The fourth-order valence-electron chi connectivity index (χ4n) is 1.33. The first kappa shape index (κ1) is 14.6. The van der Waals surface area contributed by atoms with Crippen molar-refractivity contribution in [3.05, 3.63) is 28.2 Å². The molecule has 0 saturated heterocycles. The second-order valence-corrected chi connectivity index (χ2v) is 4.88. The highest BCUT2D eigenvalue weighted by atomic mass is 35.5. The van der Waals surface area contributed by atoms with Crippen molar-refractivity contribution in [3.63, 3.8) is 0 Å². The van der Waals surface area contributed by atoms with Gasteiger partial charge >= 0.3 is 0 Å². The van der Waals surface area contributed by atoms with Crippen molar-refractivity contribution in [2.45, 2.75) is 32.7 Å². The predicted molar refractivity (Wildman–Crippen MR) is 74.3 cm³/mol. The first-order chi connectivity index (χ1) is 8.13. The van der Waals surface area contributed by atoms with Gasteiger partial charge in [0.2, 0.25) is 0 Å². The van der Waals surface area contributed by atoms with Gasteiger partial charge in [-0.25, -0.2) is 0 Å². The van der Waals surface area contributed by atoms with Gasteiger partial charge in [-0.3, -0.25) is 0 Å². The van der Waals surface area contributed by atoms with Crippen molar-refractivity contribution in [2.75, 3.05) is 13.2 Å². The average Bonchev–Trinajstić information content (AvgIpc) is 2.32. The highest BCUT2D eigenvalue weighted by Gasteiger charge is 2.02. The lowest BCUT2D eigenvalue weighted by atomic mass is 10.2. The van der Waals surface area contributed by atoms with Crippen LogP contribution >= 0.6 is 23.2 Å². The molecule has 4 heteroatoms. The summed E-state index contributed by atoms with van der Waals surface area (Å²) in [6.45, 7) is 5.94. The van der Waals surface area contributed by atoms with Crippen molar-refractivity contribution >= 4 is 23.2 Å². The van der Waals surface area contributed by atoms with Gasteiger partial charge in [-0.05, 0) is 38.4 Å². The smallest absolute Gasteiger partial charge is 0.139 e. The van der Waals surface area contributed by atoms with E-state index in [1.807, 2.05) is 0 Å². The summed E-state index contributed by atoms with van der Waals surface area (Å²) in [6.07, 6.45) is 2.09. The van der Waals surface area contributed by atoms with Crippen LogP contribution in [0.25, 0.3) is 0 Å². The summed E-state index contributed by atoms with van der Waals surface area (Å²) in [5, 5.41) is 4.65. The van der Waals surface area contributed by atoms with Crippen LogP contribution in [0.4, 0.5) is 0 Å². The zero-order valence-electron chi connectivity index (χ0n) is 10.3. The van der Waals surface area contributed by atoms with Crippen molar-refractivity contribution in [2.24, 2.45) is 0 Å². The van der Waals surface area contributed by atoms with Crippen LogP contribution in [0.15, 0.2) is 18.2 Å². The average molecular weight is 276 g/mol. The highest BCUT2D eigenvalue weighted by molar-refractivity contribution is 6.34. The van der Waals surface area contributed by atoms with E-state index in [9.17, 15) is 0 Å². The lowest BCUT2D eigenvalue weighted by molar-refractivity contribution is 0.305. The molecule has 0 heterocycles. The van der Waals surface area contributed by atoms with Gasteiger partial charge in [0.25, 0.3) is 0 Å². The number of benzene rings is 1. The minimum absolute atomic E-state index is 0.560. The number of nitrogens with one attached hydrogen (secondary N) is 1. The van der Waals surface area contributed by atoms with Gasteiger partial charge in [-0.1, -0.05) is 30.1 Å². The third kappa shape index (κ3) is 5.62. The maximum Gasteiger partial charge on any atom is 0.139 e. The largest absolute Gasteiger partial charge is 0.492 e. The molecule has 0 unspecified atom stereocenters. The topological polar surface area (TPSA) is 21.3 Å². The number of hydrogen-bond acceptors (Lipinski definition) is 2. The van der Waals surface area contributed by atoms with Crippen molar-refractivity contribution in [3.8, 4) is 5.75 Å². The molecule has 0 aliphatic rings. The monoisotopic (exact) mass is 275 g/mol. The van der Waals surface area contributed by atoms with Gasteiger partial charge < -0.3 is 10.1 Å². The van der Waals surface area contributed by atoms with Crippen molar-refractivity contribution < 1.29 is 4.74 Å². The lowest BCUT2D eigenvalue weighted by Gasteiger charge is -2.12. The fraction of sp³-hybridized carbons (Fsp3) is 0.538. The van der Waals surface area contributed by atoms with Crippen LogP contribution in [-0.2, 0) is 0 Å². The molecule has 96 valence electrons. The molecule has 2 nitrogen and oxygen atoms in total. The molecule has 0 amide bonds. The first-order valence-electron chi connectivity index (χ1n) is 5.94. The highest BCUT2D eigenvalue weighted by Crippen LogP contribution is 2.27. The number of ether oxygens (including phenoxy) is 1. The van der Waals surface area contributed by atoms with E-state index in [1.165, 1.54) is 0 Å². The molecule has 0 fully saturated rings. The fourth-order valence-corrected chi connectivity index (χ4v) is 1.67. The molecule has 17 heavy (non-hydrogen) atoms. The summed E-state index contributed by atoms with van der Waals surface area (Å²) in [6, 6.07) is 5.80. The zero-order valence-corrected chi connectivity index (χ0v) is 11.8. The summed E-state index contributed by atoms with van der Waals surface area (Å²) in [5.74, 6) is 0.655. The maximum atomic E-state index is 5.98. The van der Waals surface area contributed by atoms with Crippen LogP contribution < -0.4 is 10.1 Å². The molecular formula is C13H19Cl2NO. The molecule has 1 aromatic rings. The Labute approximate surface area is 113 Å². The maximum absolute atomic E-state index is 5.98. The van der Waals surface area contributed by atoms with Crippen molar-refractivity contribution in [1.82, 2.24) is 5.32 Å². The quantitative estimate of drug-likeness (QED) is 0.755. The van der Waals surface area contributed by atoms with E-state index in [2.05, 4.69) is 19.2 Å². The van der Waals surface area contributed by atoms with Gasteiger partial charge in [0, 0.05) is 17.1 Å². The van der Waals surface area contributed by atoms with Crippen LogP contribution in [0.1, 0.15) is 26.7 Å². The Kier molecular flexibility index (Phi) is 6.71. The SMILES string of the molecule is CC[C@@H](C)NCCCOc1cc(Cl)ccc1Cl. The van der Waals surface area contributed by atoms with Crippen LogP contribution in [0.3, 0.4) is 0 Å². The summed E-state index contributed by atoms with van der Waals surface area (Å²) < 4.78 is 5.58. The summed E-state index contributed by atoms with van der Waals surface area (Å²) in [5.41, 5.74) is 0. The third-order valence-electron chi connectivity index (χ3n) is 2.58. The zero-order chi connectivity index (χ0) is 12.7. The molecule has 0 aliphatic carbocycles. The van der Waals surface area contributed by atoms with Crippen LogP contribution in [0, 0.1) is 0 Å². The molecule has 0 spiro atoms. The molecule has 0 bridgehead atoms. The Morgan fingerprint density at radius 3 is 2.82 bits per heavy atom. The van der Waals surface area contributed by atoms with Crippen molar-refractivity contribution in [1.29, 1.82) is 0 Å². The number of hydrogen-bond donors (Lipinski definition) is 1. The second kappa shape index (κ2) is 7.80. The Hall–Kier alpha value is -0.440. The summed E-state index contributed by atoms with van der Waals surface area (Å²) in [4.78, 5) is 0. The van der Waals surface area contributed by atoms with E-state index in [1.54, 1.807) is 18.2 Å². The normalized spacial score (nSPS) is 12.5. The van der Waals surface area contributed by atoms with Crippen LogP contribution in [-0.4, -0.2) is 19.2 Å². The third-order valence-corrected chi connectivity index (χ3v) is 3.12. The Bertz CT molecular complexity index is 344. The Morgan fingerprint density at radius 2 is 2.12 bits per heavy atom. The Morgan fingerprint density at radius 1 is 1.35 bits per heavy atom. The van der Waals surface area contributed by atoms with E-state index in [-0.39, 0.29) is 0 Å². The molecule has 0 radical (unpaired) electrons. The molecule has 0 aromatic heterocycles. The molecular weight excluding hydrogens is 257 g/mol. The number of rotatable bonds is 7. The predicted octanol–water partition coefficient (Wildman–Crippen LogP) is 4.15.